The van der Waals surface area contributed by atoms with Gasteiger partial charge in [0.2, 0.25) is 0 Å². The molecule has 9 heteroatoms. The molecule has 0 aliphatic rings. The van der Waals surface area contributed by atoms with E-state index in [1.54, 1.807) is 0 Å². The summed E-state index contributed by atoms with van der Waals surface area (Å²) in [5.74, 6) is -5.92. The third-order valence-electron chi connectivity index (χ3n) is 3.55. The van der Waals surface area contributed by atoms with Crippen LogP contribution in [0.15, 0.2) is 30.3 Å². The Balaban J connectivity index is 0.00000338. The van der Waals surface area contributed by atoms with E-state index in [1.165, 1.54) is 0 Å². The predicted octanol–water partition coefficient (Wildman–Crippen LogP) is 3.49. The van der Waals surface area contributed by atoms with Crippen molar-refractivity contribution in [3.8, 4) is 0 Å². The number of hydrogen-bond acceptors (Lipinski definition) is 2. The number of nitrogens with two attached hydrogens (primary N) is 1. The number of hydrogen-bond donors (Lipinski definition) is 2. The van der Waals surface area contributed by atoms with Crippen LogP contribution in [0, 0.1) is 29.1 Å². The smallest absolute Gasteiger partial charge is 0.254 e. The lowest BCUT2D eigenvalue weighted by atomic mass is 10.0. The van der Waals surface area contributed by atoms with E-state index in [1.807, 2.05) is 0 Å². The maximum Gasteiger partial charge on any atom is 0.254 e. The highest BCUT2D eigenvalue weighted by Gasteiger charge is 2.15. The highest BCUT2D eigenvalue weighted by molar-refractivity contribution is 5.94. The van der Waals surface area contributed by atoms with E-state index in [0.717, 1.165) is 18.2 Å². The maximum atomic E-state index is 13.5. The summed E-state index contributed by atoms with van der Waals surface area (Å²) in [5, 5.41) is 2.40. The molecule has 0 aliphatic heterocycles. The molecule has 0 radical (unpaired) electrons. The summed E-state index contributed by atoms with van der Waals surface area (Å²) < 4.78 is 65.8. The van der Waals surface area contributed by atoms with Crippen LogP contribution >= 0.6 is 12.4 Å². The molecule has 0 bridgehead atoms. The van der Waals surface area contributed by atoms with Crippen molar-refractivity contribution in [2.75, 3.05) is 6.54 Å². The molecule has 2 aromatic carbocycles. The largest absolute Gasteiger partial charge is 0.352 e. The predicted molar refractivity (Wildman–Crippen MR) is 88.6 cm³/mol. The first kappa shape index (κ1) is 21.9. The van der Waals surface area contributed by atoms with Gasteiger partial charge in [-0.1, -0.05) is 0 Å². The van der Waals surface area contributed by atoms with Gasteiger partial charge in [0.25, 0.3) is 5.91 Å². The van der Waals surface area contributed by atoms with Gasteiger partial charge in [-0.2, -0.15) is 0 Å². The zero-order valence-electron chi connectivity index (χ0n) is 13.4. The lowest BCUT2D eigenvalue weighted by Crippen LogP contribution is -2.32. The fraction of sp³-hybridized carbons (Fsp3) is 0.235. The molecule has 2 rings (SSSR count). The van der Waals surface area contributed by atoms with Gasteiger partial charge in [-0.25, -0.2) is 22.0 Å². The van der Waals surface area contributed by atoms with Crippen LogP contribution in [0.1, 0.15) is 22.3 Å². The minimum atomic E-state index is -1.29. The summed E-state index contributed by atoms with van der Waals surface area (Å²) in [6.45, 7) is 0.0438. The summed E-state index contributed by atoms with van der Waals surface area (Å²) in [4.78, 5) is 11.8. The fourth-order valence-corrected chi connectivity index (χ4v) is 2.24. The van der Waals surface area contributed by atoms with Crippen molar-refractivity contribution in [2.45, 2.75) is 18.9 Å². The number of carbonyl (C=O) groups excluding carboxylic acids is 1. The van der Waals surface area contributed by atoms with E-state index in [0.29, 0.717) is 12.1 Å². The van der Waals surface area contributed by atoms with E-state index in [-0.39, 0.29) is 42.9 Å². The fourth-order valence-electron chi connectivity index (χ4n) is 2.24. The van der Waals surface area contributed by atoms with Gasteiger partial charge in [0.15, 0.2) is 11.6 Å². The van der Waals surface area contributed by atoms with Crippen LogP contribution in [-0.2, 0) is 6.42 Å². The van der Waals surface area contributed by atoms with Crippen LogP contribution in [0.3, 0.4) is 0 Å². The first-order valence-corrected chi connectivity index (χ1v) is 7.40. The molecule has 0 saturated carbocycles. The molecule has 1 amide bonds. The minimum Gasteiger partial charge on any atom is -0.352 e. The van der Waals surface area contributed by atoms with Gasteiger partial charge in [-0.05, 0) is 36.6 Å². The molecule has 0 saturated heterocycles. The van der Waals surface area contributed by atoms with Gasteiger partial charge in [0.05, 0.1) is 5.56 Å². The number of nitrogens with one attached hydrogen (secondary N) is 1. The SMILES string of the molecule is Cl.N[C@@H](CCNC(=O)c1ccc(F)cc1F)Cc1cc(F)c(F)cc1F. The topological polar surface area (TPSA) is 55.1 Å². The molecule has 0 unspecified atom stereocenters. The number of rotatable bonds is 6. The van der Waals surface area contributed by atoms with Crippen molar-refractivity contribution in [2.24, 2.45) is 5.73 Å². The van der Waals surface area contributed by atoms with Crippen molar-refractivity contribution >= 4 is 18.3 Å². The molecular weight excluding hydrogens is 379 g/mol. The normalized spacial score (nSPS) is 11.6. The number of carbonyl (C=O) groups is 1. The lowest BCUT2D eigenvalue weighted by Gasteiger charge is -2.13. The summed E-state index contributed by atoms with van der Waals surface area (Å²) in [6, 6.07) is 3.09. The summed E-state index contributed by atoms with van der Waals surface area (Å²) in [6.07, 6.45) is 0.122. The maximum absolute atomic E-state index is 13.5. The Bertz CT molecular complexity index is 788. The second-order valence-corrected chi connectivity index (χ2v) is 5.49. The van der Waals surface area contributed by atoms with Crippen LogP contribution in [0.25, 0.3) is 0 Å². The van der Waals surface area contributed by atoms with Gasteiger partial charge >= 0.3 is 0 Å². The van der Waals surface area contributed by atoms with Crippen molar-refractivity contribution in [3.63, 3.8) is 0 Å². The molecule has 0 spiro atoms. The average Bonchev–Trinajstić information content (AvgIpc) is 2.52. The van der Waals surface area contributed by atoms with Crippen molar-refractivity contribution < 1.29 is 26.7 Å². The molecule has 0 aliphatic carbocycles. The van der Waals surface area contributed by atoms with Crippen LogP contribution in [0.5, 0.6) is 0 Å². The van der Waals surface area contributed by atoms with E-state index >= 15 is 0 Å². The molecular formula is C17H16ClF5N2O. The van der Waals surface area contributed by atoms with Crippen molar-refractivity contribution in [1.29, 1.82) is 0 Å². The zero-order chi connectivity index (χ0) is 18.6. The molecule has 2 aromatic rings. The van der Waals surface area contributed by atoms with E-state index in [2.05, 4.69) is 5.32 Å². The Labute approximate surface area is 152 Å². The van der Waals surface area contributed by atoms with Crippen LogP contribution < -0.4 is 11.1 Å². The van der Waals surface area contributed by atoms with Gasteiger partial charge < -0.3 is 11.1 Å². The first-order chi connectivity index (χ1) is 11.8. The molecule has 26 heavy (non-hydrogen) atoms. The average molecular weight is 395 g/mol. The Hall–Kier alpha value is -2.19. The molecule has 3 N–H and O–H groups in total. The monoisotopic (exact) mass is 394 g/mol. The van der Waals surface area contributed by atoms with E-state index in [4.69, 9.17) is 5.73 Å². The summed E-state index contributed by atoms with van der Waals surface area (Å²) >= 11 is 0. The zero-order valence-corrected chi connectivity index (χ0v) is 14.2. The third-order valence-corrected chi connectivity index (χ3v) is 3.55. The van der Waals surface area contributed by atoms with E-state index < -0.39 is 41.0 Å². The molecule has 142 valence electrons. The summed E-state index contributed by atoms with van der Waals surface area (Å²) in [5.41, 5.74) is 5.38. The van der Waals surface area contributed by atoms with Gasteiger partial charge in [0.1, 0.15) is 17.5 Å². The quantitative estimate of drug-likeness (QED) is 0.582. The first-order valence-electron chi connectivity index (χ1n) is 7.40. The highest BCUT2D eigenvalue weighted by Crippen LogP contribution is 2.15. The Morgan fingerprint density at radius 3 is 2.27 bits per heavy atom. The minimum absolute atomic E-state index is 0. The lowest BCUT2D eigenvalue weighted by molar-refractivity contribution is 0.0948. The van der Waals surface area contributed by atoms with Gasteiger partial charge in [0, 0.05) is 24.7 Å². The van der Waals surface area contributed by atoms with Crippen molar-refractivity contribution in [1.82, 2.24) is 5.32 Å². The molecule has 1 atom stereocenters. The third kappa shape index (κ3) is 5.67. The standard InChI is InChI=1S/C17H15F5N2O.ClH/c18-10-1-2-12(14(20)7-10)17(25)24-4-3-11(23)5-9-6-15(21)16(22)8-13(9)19;/h1-2,6-8,11H,3-5,23H2,(H,24,25);1H/t11-;/m0./s1. The van der Waals surface area contributed by atoms with Crippen LogP contribution in [-0.4, -0.2) is 18.5 Å². The van der Waals surface area contributed by atoms with Crippen molar-refractivity contribution in [3.05, 3.63) is 70.5 Å². The molecule has 0 aromatic heterocycles. The number of halogens is 6. The van der Waals surface area contributed by atoms with Crippen LogP contribution in [0.4, 0.5) is 22.0 Å². The van der Waals surface area contributed by atoms with Gasteiger partial charge in [-0.15, -0.1) is 12.4 Å². The number of amides is 1. The molecule has 0 fully saturated rings. The summed E-state index contributed by atoms with van der Waals surface area (Å²) in [7, 11) is 0. The Kier molecular flexibility index (Phi) is 7.98. The Morgan fingerprint density at radius 1 is 0.962 bits per heavy atom. The highest BCUT2D eigenvalue weighted by atomic mass is 35.5. The van der Waals surface area contributed by atoms with Crippen LogP contribution in [0.2, 0.25) is 0 Å². The second-order valence-electron chi connectivity index (χ2n) is 5.49. The molecule has 0 heterocycles. The number of benzene rings is 2. The molecule has 3 nitrogen and oxygen atoms in total. The van der Waals surface area contributed by atoms with E-state index in [9.17, 15) is 26.7 Å². The second kappa shape index (κ2) is 9.49. The Morgan fingerprint density at radius 2 is 1.62 bits per heavy atom. The van der Waals surface area contributed by atoms with Gasteiger partial charge in [-0.3, -0.25) is 4.79 Å².